The van der Waals surface area contributed by atoms with Crippen molar-refractivity contribution in [3.05, 3.63) is 58.2 Å². The number of ketones is 1. The van der Waals surface area contributed by atoms with Gasteiger partial charge in [0.2, 0.25) is 0 Å². The molecule has 0 aliphatic heterocycles. The first-order chi connectivity index (χ1) is 8.16. The lowest BCUT2D eigenvalue weighted by molar-refractivity contribution is 0.0993. The van der Waals surface area contributed by atoms with E-state index in [0.29, 0.717) is 11.4 Å². The number of carbonyl (C=O) groups excluding carboxylic acids is 1. The number of halogens is 2. The fourth-order valence-electron chi connectivity index (χ4n) is 1.51. The first-order valence-corrected chi connectivity index (χ1v) is 5.94. The average Bonchev–Trinajstić information content (AvgIpc) is 2.33. The molecule has 2 rings (SSSR count). The lowest BCUT2D eigenvalue weighted by Gasteiger charge is -2.04. The highest BCUT2D eigenvalue weighted by molar-refractivity contribution is 9.10. The molecule has 0 aliphatic carbocycles. The molecule has 0 radical (unpaired) electrons. The molecule has 0 fully saturated rings. The van der Waals surface area contributed by atoms with Crippen LogP contribution in [0.1, 0.15) is 15.9 Å². The van der Waals surface area contributed by atoms with Crippen LogP contribution < -0.4 is 5.73 Å². The molecule has 0 saturated heterocycles. The Morgan fingerprint density at radius 2 is 1.89 bits per heavy atom. The van der Waals surface area contributed by atoms with Crippen LogP contribution >= 0.6 is 32.9 Å². The first-order valence-electron chi connectivity index (χ1n) is 5.15. The number of hydrogen-bond donors (Lipinski definition) is 1. The zero-order valence-corrected chi connectivity index (χ0v) is 12.8. The molecule has 0 saturated carbocycles. The summed E-state index contributed by atoms with van der Waals surface area (Å²) in [6.07, 6.45) is 1.89. The van der Waals surface area contributed by atoms with Crippen LogP contribution in [-0.2, 0) is 6.42 Å². The van der Waals surface area contributed by atoms with Crippen LogP contribution in [0, 0.1) is 0 Å². The summed E-state index contributed by atoms with van der Waals surface area (Å²) in [5.74, 6) is 0.454. The lowest BCUT2D eigenvalue weighted by Crippen LogP contribution is -2.06. The van der Waals surface area contributed by atoms with Gasteiger partial charge in [0, 0.05) is 28.2 Å². The van der Waals surface area contributed by atoms with Gasteiger partial charge in [-0.25, -0.2) is 4.98 Å². The van der Waals surface area contributed by atoms with E-state index in [1.165, 1.54) is 0 Å². The third-order valence-corrected chi connectivity index (χ3v) is 2.97. The Hall–Kier alpha value is -1.20. The van der Waals surface area contributed by atoms with Crippen molar-refractivity contribution in [1.29, 1.82) is 0 Å². The minimum absolute atomic E-state index is 0. The van der Waals surface area contributed by atoms with Crippen LogP contribution in [0.3, 0.4) is 0 Å². The topological polar surface area (TPSA) is 56.0 Å². The Balaban J connectivity index is 0.00000162. The molecule has 1 aromatic carbocycles. The number of aromatic nitrogens is 1. The van der Waals surface area contributed by atoms with Gasteiger partial charge in [0.05, 0.1) is 0 Å². The number of Topliss-reactive ketones (excluding diaryl/α,β-unsaturated/α-hetero) is 1. The number of nitrogens with zero attached hydrogens (tertiary/aromatic N) is 1. The summed E-state index contributed by atoms with van der Waals surface area (Å²) >= 11 is 3.33. The molecule has 0 spiro atoms. The number of rotatable bonds is 3. The van der Waals surface area contributed by atoms with E-state index in [4.69, 9.17) is 5.73 Å². The monoisotopic (exact) mass is 370 g/mol. The molecule has 0 unspecified atom stereocenters. The molecular weight excluding hydrogens is 360 g/mol. The normalized spacial score (nSPS) is 9.61. The number of anilines is 1. The Labute approximate surface area is 124 Å². The largest absolute Gasteiger partial charge is 0.383 e. The predicted octanol–water partition coefficient (Wildman–Crippen LogP) is 3.43. The van der Waals surface area contributed by atoms with Gasteiger partial charge < -0.3 is 5.73 Å². The van der Waals surface area contributed by atoms with Gasteiger partial charge in [-0.2, -0.15) is 0 Å². The van der Waals surface area contributed by atoms with E-state index < -0.39 is 0 Å². The third kappa shape index (κ3) is 3.65. The second-order valence-corrected chi connectivity index (χ2v) is 4.57. The van der Waals surface area contributed by atoms with Gasteiger partial charge in [0.1, 0.15) is 5.82 Å². The molecule has 2 N–H and O–H groups in total. The summed E-state index contributed by atoms with van der Waals surface area (Å²) in [7, 11) is 0. The van der Waals surface area contributed by atoms with Gasteiger partial charge in [0.25, 0.3) is 0 Å². The molecule has 3 nitrogen and oxygen atoms in total. The summed E-state index contributed by atoms with van der Waals surface area (Å²) in [4.78, 5) is 15.9. The molecule has 2 aromatic rings. The third-order valence-electron chi connectivity index (χ3n) is 2.44. The Morgan fingerprint density at radius 3 is 2.50 bits per heavy atom. The molecule has 0 bridgehead atoms. The highest BCUT2D eigenvalue weighted by atomic mass is 79.9. The van der Waals surface area contributed by atoms with E-state index in [2.05, 4.69) is 20.9 Å². The predicted molar refractivity (Wildman–Crippen MR) is 81.1 cm³/mol. The van der Waals surface area contributed by atoms with E-state index in [-0.39, 0.29) is 29.2 Å². The minimum atomic E-state index is 0. The fraction of sp³-hybridized carbons (Fsp3) is 0.0769. The minimum Gasteiger partial charge on any atom is -0.383 e. The molecule has 1 heterocycles. The van der Waals surface area contributed by atoms with E-state index in [9.17, 15) is 4.79 Å². The molecule has 5 heteroatoms. The Bertz CT molecular complexity index is 541. The molecular formula is C13H12Br2N2O. The second-order valence-electron chi connectivity index (χ2n) is 3.65. The van der Waals surface area contributed by atoms with Gasteiger partial charge in [0.15, 0.2) is 5.78 Å². The van der Waals surface area contributed by atoms with Crippen LogP contribution in [0.2, 0.25) is 0 Å². The number of nitrogen functional groups attached to an aromatic ring is 1. The summed E-state index contributed by atoms with van der Waals surface area (Å²) in [6.45, 7) is 0. The van der Waals surface area contributed by atoms with Crippen molar-refractivity contribution in [3.8, 4) is 0 Å². The molecule has 94 valence electrons. The number of nitrogens with two attached hydrogens (primary N) is 1. The SMILES string of the molecule is Br.Nc1ncccc1CC(=O)c1ccc(Br)cc1. The second kappa shape index (κ2) is 6.66. The van der Waals surface area contributed by atoms with Crippen molar-refractivity contribution in [3.63, 3.8) is 0 Å². The van der Waals surface area contributed by atoms with Crippen molar-refractivity contribution >= 4 is 44.5 Å². The highest BCUT2D eigenvalue weighted by Gasteiger charge is 2.09. The first kappa shape index (κ1) is 14.9. The zero-order chi connectivity index (χ0) is 12.3. The van der Waals surface area contributed by atoms with E-state index in [1.54, 1.807) is 24.4 Å². The number of benzene rings is 1. The molecule has 18 heavy (non-hydrogen) atoms. The summed E-state index contributed by atoms with van der Waals surface area (Å²) in [5.41, 5.74) is 7.14. The number of hydrogen-bond acceptors (Lipinski definition) is 3. The maximum Gasteiger partial charge on any atom is 0.167 e. The van der Waals surface area contributed by atoms with Gasteiger partial charge in [-0.3, -0.25) is 4.79 Å². The number of pyridine rings is 1. The van der Waals surface area contributed by atoms with E-state index in [1.807, 2.05) is 18.2 Å². The highest BCUT2D eigenvalue weighted by Crippen LogP contribution is 2.14. The smallest absolute Gasteiger partial charge is 0.167 e. The van der Waals surface area contributed by atoms with Gasteiger partial charge in [-0.15, -0.1) is 17.0 Å². The average molecular weight is 372 g/mol. The van der Waals surface area contributed by atoms with Gasteiger partial charge in [-0.1, -0.05) is 34.1 Å². The maximum absolute atomic E-state index is 12.0. The van der Waals surface area contributed by atoms with Crippen molar-refractivity contribution in [2.45, 2.75) is 6.42 Å². The lowest BCUT2D eigenvalue weighted by atomic mass is 10.0. The van der Waals surface area contributed by atoms with Crippen LogP contribution in [0.15, 0.2) is 47.1 Å². The van der Waals surface area contributed by atoms with Crippen LogP contribution in [0.5, 0.6) is 0 Å². The summed E-state index contributed by atoms with van der Waals surface area (Å²) < 4.78 is 0.954. The Kier molecular flexibility index (Phi) is 5.50. The molecule has 0 atom stereocenters. The van der Waals surface area contributed by atoms with Gasteiger partial charge in [-0.05, 0) is 18.2 Å². The number of carbonyl (C=O) groups is 1. The van der Waals surface area contributed by atoms with E-state index >= 15 is 0 Å². The molecule has 0 aliphatic rings. The van der Waals surface area contributed by atoms with E-state index in [0.717, 1.165) is 10.0 Å². The van der Waals surface area contributed by atoms with Crippen LogP contribution in [0.4, 0.5) is 5.82 Å². The summed E-state index contributed by atoms with van der Waals surface area (Å²) in [6, 6.07) is 10.9. The molecule has 1 aromatic heterocycles. The van der Waals surface area contributed by atoms with Crippen molar-refractivity contribution in [1.82, 2.24) is 4.98 Å². The van der Waals surface area contributed by atoms with Crippen LogP contribution in [0.25, 0.3) is 0 Å². The van der Waals surface area contributed by atoms with Crippen molar-refractivity contribution < 1.29 is 4.79 Å². The summed E-state index contributed by atoms with van der Waals surface area (Å²) in [5, 5.41) is 0. The molecule has 0 amide bonds. The fourth-order valence-corrected chi connectivity index (χ4v) is 1.78. The van der Waals surface area contributed by atoms with Crippen molar-refractivity contribution in [2.24, 2.45) is 0 Å². The standard InChI is InChI=1S/C13H11BrN2O.BrH/c14-11-5-3-9(4-6-11)12(17)8-10-2-1-7-16-13(10)15;/h1-7H,8H2,(H2,15,16);1H. The maximum atomic E-state index is 12.0. The van der Waals surface area contributed by atoms with Crippen molar-refractivity contribution in [2.75, 3.05) is 5.73 Å². The van der Waals surface area contributed by atoms with Crippen LogP contribution in [-0.4, -0.2) is 10.8 Å². The zero-order valence-electron chi connectivity index (χ0n) is 9.47. The van der Waals surface area contributed by atoms with Gasteiger partial charge >= 0.3 is 0 Å². The Morgan fingerprint density at radius 1 is 1.22 bits per heavy atom. The quantitative estimate of drug-likeness (QED) is 0.841.